The number of aliphatic hydroxyl groups is 1. The van der Waals surface area contributed by atoms with E-state index in [1.165, 1.54) is 0 Å². The summed E-state index contributed by atoms with van der Waals surface area (Å²) in [5.41, 5.74) is 0.561. The number of hydrogen-bond donors (Lipinski definition) is 1. The molecule has 1 aromatic rings. The fourth-order valence-electron chi connectivity index (χ4n) is 1.06. The lowest BCUT2D eigenvalue weighted by molar-refractivity contribution is 0.276. The summed E-state index contributed by atoms with van der Waals surface area (Å²) in [6, 6.07) is 0. The van der Waals surface area contributed by atoms with Crippen LogP contribution in [0.4, 0.5) is 5.82 Å². The van der Waals surface area contributed by atoms with Gasteiger partial charge in [-0.15, -0.1) is 6.42 Å². The average Bonchev–Trinajstić information content (AvgIpc) is 2.26. The van der Waals surface area contributed by atoms with Crippen LogP contribution in [0.3, 0.4) is 0 Å². The molecule has 4 heteroatoms. The van der Waals surface area contributed by atoms with E-state index in [1.807, 2.05) is 11.8 Å². The molecular formula is C10H13N3O. The molecule has 0 saturated heterocycles. The molecule has 0 radical (unpaired) electrons. The third-order valence-corrected chi connectivity index (χ3v) is 1.84. The Morgan fingerprint density at radius 2 is 2.29 bits per heavy atom. The van der Waals surface area contributed by atoms with Gasteiger partial charge in [0.15, 0.2) is 0 Å². The fourth-order valence-corrected chi connectivity index (χ4v) is 1.06. The van der Waals surface area contributed by atoms with E-state index in [2.05, 4.69) is 15.9 Å². The van der Waals surface area contributed by atoms with Crippen LogP contribution < -0.4 is 4.90 Å². The van der Waals surface area contributed by atoms with Gasteiger partial charge in [-0.2, -0.15) is 0 Å². The molecule has 0 spiro atoms. The highest BCUT2D eigenvalue weighted by molar-refractivity contribution is 5.37. The maximum atomic E-state index is 8.78. The number of anilines is 1. The van der Waals surface area contributed by atoms with E-state index in [-0.39, 0.29) is 6.61 Å². The molecule has 14 heavy (non-hydrogen) atoms. The van der Waals surface area contributed by atoms with E-state index in [9.17, 15) is 0 Å². The van der Waals surface area contributed by atoms with E-state index < -0.39 is 0 Å². The van der Waals surface area contributed by atoms with Crippen LogP contribution in [0.15, 0.2) is 12.4 Å². The van der Waals surface area contributed by atoms with Gasteiger partial charge in [0.25, 0.3) is 0 Å². The minimum absolute atomic E-state index is 0.0887. The van der Waals surface area contributed by atoms with Crippen LogP contribution in [-0.2, 0) is 6.61 Å². The van der Waals surface area contributed by atoms with Crippen LogP contribution in [0.5, 0.6) is 0 Å². The molecule has 1 N–H and O–H groups in total. The lowest BCUT2D eigenvalue weighted by atomic mass is 10.4. The van der Waals surface area contributed by atoms with Gasteiger partial charge in [0.1, 0.15) is 5.82 Å². The van der Waals surface area contributed by atoms with Crippen LogP contribution in [0.2, 0.25) is 0 Å². The maximum absolute atomic E-state index is 8.78. The van der Waals surface area contributed by atoms with Crippen molar-refractivity contribution >= 4 is 5.82 Å². The van der Waals surface area contributed by atoms with Gasteiger partial charge >= 0.3 is 0 Å². The molecule has 74 valence electrons. The van der Waals surface area contributed by atoms with Gasteiger partial charge in [0.05, 0.1) is 31.2 Å². The molecule has 0 saturated carbocycles. The summed E-state index contributed by atoms with van der Waals surface area (Å²) >= 11 is 0. The van der Waals surface area contributed by atoms with Crippen molar-refractivity contribution in [3.05, 3.63) is 18.1 Å². The topological polar surface area (TPSA) is 49.2 Å². The zero-order valence-corrected chi connectivity index (χ0v) is 8.14. The molecule has 0 bridgehead atoms. The zero-order chi connectivity index (χ0) is 10.4. The van der Waals surface area contributed by atoms with Crippen LogP contribution in [0.1, 0.15) is 12.6 Å². The summed E-state index contributed by atoms with van der Waals surface area (Å²) in [5.74, 6) is 3.29. The number of hydrogen-bond acceptors (Lipinski definition) is 4. The van der Waals surface area contributed by atoms with Crippen molar-refractivity contribution in [2.45, 2.75) is 13.5 Å². The molecule has 0 amide bonds. The Bertz CT molecular complexity index is 315. The third kappa shape index (κ3) is 2.44. The Balaban J connectivity index is 2.79. The van der Waals surface area contributed by atoms with Crippen molar-refractivity contribution in [2.75, 3.05) is 18.0 Å². The SMILES string of the molecule is C#CCN(CC)c1cnc(CO)cn1. The van der Waals surface area contributed by atoms with Crippen LogP contribution in [0.25, 0.3) is 0 Å². The minimum Gasteiger partial charge on any atom is -0.390 e. The quantitative estimate of drug-likeness (QED) is 0.701. The Morgan fingerprint density at radius 1 is 1.50 bits per heavy atom. The van der Waals surface area contributed by atoms with Crippen molar-refractivity contribution in [1.29, 1.82) is 0 Å². The number of aliphatic hydroxyl groups excluding tert-OH is 1. The summed E-state index contributed by atoms with van der Waals surface area (Å²) < 4.78 is 0. The molecule has 0 aliphatic carbocycles. The lowest BCUT2D eigenvalue weighted by Crippen LogP contribution is -2.24. The predicted molar refractivity (Wildman–Crippen MR) is 54.7 cm³/mol. The summed E-state index contributed by atoms with van der Waals surface area (Å²) in [4.78, 5) is 10.1. The van der Waals surface area contributed by atoms with Gasteiger partial charge in [-0.25, -0.2) is 4.98 Å². The smallest absolute Gasteiger partial charge is 0.147 e. The monoisotopic (exact) mass is 191 g/mol. The van der Waals surface area contributed by atoms with Gasteiger partial charge in [0, 0.05) is 6.54 Å². The molecule has 1 rings (SSSR count). The minimum atomic E-state index is -0.0887. The molecular weight excluding hydrogens is 178 g/mol. The molecule has 0 aliphatic rings. The van der Waals surface area contributed by atoms with Gasteiger partial charge in [-0.05, 0) is 6.92 Å². The first-order chi connectivity index (χ1) is 6.81. The van der Waals surface area contributed by atoms with Gasteiger partial charge < -0.3 is 10.0 Å². The summed E-state index contributed by atoms with van der Waals surface area (Å²) in [6.07, 6.45) is 8.39. The Morgan fingerprint density at radius 3 is 2.71 bits per heavy atom. The van der Waals surface area contributed by atoms with Gasteiger partial charge in [-0.1, -0.05) is 5.92 Å². The largest absolute Gasteiger partial charge is 0.390 e. The summed E-state index contributed by atoms with van der Waals surface area (Å²) in [5, 5.41) is 8.78. The lowest BCUT2D eigenvalue weighted by Gasteiger charge is -2.18. The average molecular weight is 191 g/mol. The fraction of sp³-hybridized carbons (Fsp3) is 0.400. The van der Waals surface area contributed by atoms with Gasteiger partial charge in [0.2, 0.25) is 0 Å². The number of nitrogens with zero attached hydrogens (tertiary/aromatic N) is 3. The Hall–Kier alpha value is -1.60. The highest BCUT2D eigenvalue weighted by atomic mass is 16.3. The molecule has 0 fully saturated rings. The normalized spacial score (nSPS) is 9.50. The Labute approximate surface area is 83.6 Å². The van der Waals surface area contributed by atoms with Crippen molar-refractivity contribution in [3.63, 3.8) is 0 Å². The van der Waals surface area contributed by atoms with E-state index in [1.54, 1.807) is 12.4 Å². The third-order valence-electron chi connectivity index (χ3n) is 1.84. The standard InChI is InChI=1S/C10H13N3O/c1-3-5-13(4-2)10-7-11-9(8-14)6-12-10/h1,6-7,14H,4-5,8H2,2H3. The first-order valence-corrected chi connectivity index (χ1v) is 4.42. The molecule has 0 aliphatic heterocycles. The molecule has 1 aromatic heterocycles. The number of terminal acetylenes is 1. The molecule has 4 nitrogen and oxygen atoms in total. The van der Waals surface area contributed by atoms with Crippen molar-refractivity contribution in [1.82, 2.24) is 9.97 Å². The first-order valence-electron chi connectivity index (χ1n) is 4.42. The summed E-state index contributed by atoms with van der Waals surface area (Å²) in [6.45, 7) is 3.22. The molecule has 0 aromatic carbocycles. The maximum Gasteiger partial charge on any atom is 0.147 e. The van der Waals surface area contributed by atoms with Crippen LogP contribution in [-0.4, -0.2) is 28.2 Å². The van der Waals surface area contributed by atoms with E-state index in [0.29, 0.717) is 12.2 Å². The predicted octanol–water partition coefficient (Wildman–Crippen LogP) is 0.428. The van der Waals surface area contributed by atoms with E-state index in [4.69, 9.17) is 11.5 Å². The van der Waals surface area contributed by atoms with Crippen LogP contribution in [0, 0.1) is 12.3 Å². The second-order valence-electron chi connectivity index (χ2n) is 2.74. The highest BCUT2D eigenvalue weighted by Crippen LogP contribution is 2.07. The number of aromatic nitrogens is 2. The van der Waals surface area contributed by atoms with Crippen molar-refractivity contribution in [2.24, 2.45) is 0 Å². The van der Waals surface area contributed by atoms with Crippen molar-refractivity contribution in [3.8, 4) is 12.3 Å². The highest BCUT2D eigenvalue weighted by Gasteiger charge is 2.03. The second kappa shape index (κ2) is 5.20. The molecule has 0 unspecified atom stereocenters. The van der Waals surface area contributed by atoms with Gasteiger partial charge in [-0.3, -0.25) is 4.98 Å². The number of rotatable bonds is 4. The summed E-state index contributed by atoms with van der Waals surface area (Å²) in [7, 11) is 0. The van der Waals surface area contributed by atoms with E-state index >= 15 is 0 Å². The molecule has 1 heterocycles. The molecule has 0 atom stereocenters. The van der Waals surface area contributed by atoms with E-state index in [0.717, 1.165) is 12.4 Å². The Kier molecular flexibility index (Phi) is 3.89. The second-order valence-corrected chi connectivity index (χ2v) is 2.74. The van der Waals surface area contributed by atoms with Crippen molar-refractivity contribution < 1.29 is 5.11 Å². The zero-order valence-electron chi connectivity index (χ0n) is 8.14. The first kappa shape index (κ1) is 10.5. The van der Waals surface area contributed by atoms with Crippen LogP contribution >= 0.6 is 0 Å².